The van der Waals surface area contributed by atoms with Crippen LogP contribution in [-0.2, 0) is 14.3 Å². The molecular weight excluding hydrogens is 374 g/mol. The zero-order valence-electron chi connectivity index (χ0n) is 14.1. The van der Waals surface area contributed by atoms with E-state index in [2.05, 4.69) is 21.2 Å². The van der Waals surface area contributed by atoms with Gasteiger partial charge in [0.05, 0.1) is 19.1 Å². The number of anilines is 1. The monoisotopic (exact) mass is 397 g/mol. The molecule has 1 aromatic rings. The molecule has 1 heterocycles. The highest BCUT2D eigenvalue weighted by Crippen LogP contribution is 2.27. The van der Waals surface area contributed by atoms with Gasteiger partial charge in [0.15, 0.2) is 0 Å². The number of carbonyl (C=O) groups excluding carboxylic acids is 2. The summed E-state index contributed by atoms with van der Waals surface area (Å²) in [5.41, 5.74) is 0.816. The number of hydrogen-bond donors (Lipinski definition) is 1. The molecule has 6 nitrogen and oxygen atoms in total. The van der Waals surface area contributed by atoms with Crippen LogP contribution in [0.1, 0.15) is 6.42 Å². The standard InChI is InChI=1S/C17H24BrN3O3/c1-20(2)7-9-24-8-6-19-17(23)13-10-16(22)21(12-13)15-5-3-4-14(18)11-15/h3-5,11,13H,6-10,12H2,1-2H3,(H,19,23). The molecule has 1 aliphatic rings. The SMILES string of the molecule is CN(C)CCOCCNC(=O)C1CC(=O)N(c2cccc(Br)c2)C1. The van der Waals surface area contributed by atoms with Crippen molar-refractivity contribution in [2.45, 2.75) is 6.42 Å². The van der Waals surface area contributed by atoms with E-state index in [0.717, 1.165) is 16.7 Å². The Morgan fingerprint density at radius 1 is 1.42 bits per heavy atom. The lowest BCUT2D eigenvalue weighted by Crippen LogP contribution is -2.35. The van der Waals surface area contributed by atoms with Crippen LogP contribution >= 0.6 is 15.9 Å². The maximum Gasteiger partial charge on any atom is 0.227 e. The van der Waals surface area contributed by atoms with Crippen molar-refractivity contribution in [3.63, 3.8) is 0 Å². The maximum atomic E-state index is 12.2. The molecule has 2 rings (SSSR count). The lowest BCUT2D eigenvalue weighted by atomic mass is 10.1. The van der Waals surface area contributed by atoms with Gasteiger partial charge in [0.2, 0.25) is 11.8 Å². The van der Waals surface area contributed by atoms with Crippen molar-refractivity contribution >= 4 is 33.4 Å². The summed E-state index contributed by atoms with van der Waals surface area (Å²) >= 11 is 3.40. The van der Waals surface area contributed by atoms with Crippen LogP contribution in [0.4, 0.5) is 5.69 Å². The van der Waals surface area contributed by atoms with Gasteiger partial charge in [-0.3, -0.25) is 9.59 Å². The molecule has 1 atom stereocenters. The third kappa shape index (κ3) is 5.58. The second-order valence-electron chi connectivity index (χ2n) is 6.09. The summed E-state index contributed by atoms with van der Waals surface area (Å²) in [6.45, 7) is 2.86. The van der Waals surface area contributed by atoms with Gasteiger partial charge in [-0.1, -0.05) is 22.0 Å². The summed E-state index contributed by atoms with van der Waals surface area (Å²) in [6, 6.07) is 7.55. The molecule has 24 heavy (non-hydrogen) atoms. The summed E-state index contributed by atoms with van der Waals surface area (Å²) in [5, 5.41) is 2.85. The summed E-state index contributed by atoms with van der Waals surface area (Å²) < 4.78 is 6.36. The number of amides is 2. The van der Waals surface area contributed by atoms with Crippen molar-refractivity contribution < 1.29 is 14.3 Å². The van der Waals surface area contributed by atoms with Gasteiger partial charge in [-0.2, -0.15) is 0 Å². The number of likely N-dealkylation sites (N-methyl/N-ethyl adjacent to an activating group) is 1. The largest absolute Gasteiger partial charge is 0.378 e. The van der Waals surface area contributed by atoms with E-state index in [-0.39, 0.29) is 24.2 Å². The molecule has 2 amide bonds. The number of halogens is 1. The number of ether oxygens (including phenoxy) is 1. The van der Waals surface area contributed by atoms with Crippen molar-refractivity contribution in [1.82, 2.24) is 10.2 Å². The summed E-state index contributed by atoms with van der Waals surface area (Å²) in [4.78, 5) is 28.1. The van der Waals surface area contributed by atoms with E-state index in [4.69, 9.17) is 4.74 Å². The van der Waals surface area contributed by atoms with Crippen LogP contribution in [-0.4, -0.2) is 63.7 Å². The number of hydrogen-bond acceptors (Lipinski definition) is 4. The van der Waals surface area contributed by atoms with E-state index < -0.39 is 0 Å². The van der Waals surface area contributed by atoms with Gasteiger partial charge in [-0.15, -0.1) is 0 Å². The molecular formula is C17H24BrN3O3. The predicted octanol–water partition coefficient (Wildman–Crippen LogP) is 1.50. The van der Waals surface area contributed by atoms with Crippen molar-refractivity contribution in [2.24, 2.45) is 5.92 Å². The minimum Gasteiger partial charge on any atom is -0.378 e. The van der Waals surface area contributed by atoms with E-state index >= 15 is 0 Å². The van der Waals surface area contributed by atoms with Crippen LogP contribution < -0.4 is 10.2 Å². The summed E-state index contributed by atoms with van der Waals surface area (Å²) in [6.07, 6.45) is 0.250. The Bertz CT molecular complexity index is 580. The topological polar surface area (TPSA) is 61.9 Å². The minimum atomic E-state index is -0.307. The normalized spacial score (nSPS) is 17.6. The second-order valence-corrected chi connectivity index (χ2v) is 7.01. The molecule has 0 aliphatic carbocycles. The first-order valence-corrected chi connectivity index (χ1v) is 8.83. The smallest absolute Gasteiger partial charge is 0.227 e. The van der Waals surface area contributed by atoms with Crippen molar-refractivity contribution in [2.75, 3.05) is 51.8 Å². The molecule has 1 unspecified atom stereocenters. The fourth-order valence-corrected chi connectivity index (χ4v) is 2.90. The van der Waals surface area contributed by atoms with Crippen molar-refractivity contribution in [3.8, 4) is 0 Å². The highest BCUT2D eigenvalue weighted by molar-refractivity contribution is 9.10. The van der Waals surface area contributed by atoms with Crippen LogP contribution in [0.15, 0.2) is 28.7 Å². The van der Waals surface area contributed by atoms with Gasteiger partial charge in [-0.05, 0) is 32.3 Å². The molecule has 132 valence electrons. The molecule has 1 aliphatic heterocycles. The van der Waals surface area contributed by atoms with E-state index in [1.807, 2.05) is 43.3 Å². The van der Waals surface area contributed by atoms with E-state index in [0.29, 0.717) is 26.3 Å². The number of rotatable bonds is 8. The fraction of sp³-hybridized carbons (Fsp3) is 0.529. The molecule has 7 heteroatoms. The predicted molar refractivity (Wildman–Crippen MR) is 97.0 cm³/mol. The highest BCUT2D eigenvalue weighted by atomic mass is 79.9. The van der Waals surface area contributed by atoms with Gasteiger partial charge >= 0.3 is 0 Å². The van der Waals surface area contributed by atoms with E-state index in [1.54, 1.807) is 4.90 Å². The molecule has 1 aromatic carbocycles. The fourth-order valence-electron chi connectivity index (χ4n) is 2.52. The molecule has 0 spiro atoms. The number of nitrogens with zero attached hydrogens (tertiary/aromatic N) is 2. The zero-order valence-corrected chi connectivity index (χ0v) is 15.7. The van der Waals surface area contributed by atoms with E-state index in [9.17, 15) is 9.59 Å². The second kappa shape index (κ2) is 9.15. The number of carbonyl (C=O) groups is 2. The number of nitrogens with one attached hydrogen (secondary N) is 1. The van der Waals surface area contributed by atoms with Gasteiger partial charge < -0.3 is 19.9 Å². The lowest BCUT2D eigenvalue weighted by Gasteiger charge is -2.17. The van der Waals surface area contributed by atoms with Crippen LogP contribution in [0.5, 0.6) is 0 Å². The average Bonchev–Trinajstić information content (AvgIpc) is 2.92. The van der Waals surface area contributed by atoms with Crippen LogP contribution in [0.3, 0.4) is 0 Å². The van der Waals surface area contributed by atoms with Crippen molar-refractivity contribution in [1.29, 1.82) is 0 Å². The minimum absolute atomic E-state index is 0.0181. The van der Waals surface area contributed by atoms with Crippen LogP contribution in [0.25, 0.3) is 0 Å². The molecule has 0 saturated carbocycles. The first-order valence-electron chi connectivity index (χ1n) is 8.03. The third-order valence-corrected chi connectivity index (χ3v) is 4.34. The molecule has 1 fully saturated rings. The Morgan fingerprint density at radius 2 is 2.21 bits per heavy atom. The van der Waals surface area contributed by atoms with Crippen LogP contribution in [0, 0.1) is 5.92 Å². The molecule has 0 radical (unpaired) electrons. The van der Waals surface area contributed by atoms with Gasteiger partial charge in [0, 0.05) is 36.2 Å². The third-order valence-electron chi connectivity index (χ3n) is 3.84. The van der Waals surface area contributed by atoms with E-state index in [1.165, 1.54) is 0 Å². The Balaban J connectivity index is 1.75. The number of benzene rings is 1. The molecule has 1 saturated heterocycles. The Kier molecular flexibility index (Phi) is 7.20. The molecule has 0 bridgehead atoms. The Labute approximate surface area is 151 Å². The highest BCUT2D eigenvalue weighted by Gasteiger charge is 2.34. The quantitative estimate of drug-likeness (QED) is 0.675. The van der Waals surface area contributed by atoms with Crippen molar-refractivity contribution in [3.05, 3.63) is 28.7 Å². The average molecular weight is 398 g/mol. The molecule has 1 N–H and O–H groups in total. The van der Waals surface area contributed by atoms with Crippen LogP contribution in [0.2, 0.25) is 0 Å². The van der Waals surface area contributed by atoms with Gasteiger partial charge in [-0.25, -0.2) is 0 Å². The first kappa shape index (κ1) is 18.9. The Hall–Kier alpha value is -1.44. The Morgan fingerprint density at radius 3 is 2.92 bits per heavy atom. The summed E-state index contributed by atoms with van der Waals surface area (Å²) in [7, 11) is 3.97. The lowest BCUT2D eigenvalue weighted by molar-refractivity contribution is -0.126. The van der Waals surface area contributed by atoms with Gasteiger partial charge in [0.1, 0.15) is 0 Å². The van der Waals surface area contributed by atoms with Gasteiger partial charge in [0.25, 0.3) is 0 Å². The summed E-state index contributed by atoms with van der Waals surface area (Å²) in [5.74, 6) is -0.411. The first-order chi connectivity index (χ1) is 11.5. The molecule has 0 aromatic heterocycles. The zero-order chi connectivity index (χ0) is 17.5. The maximum absolute atomic E-state index is 12.2.